The number of fused-ring (bicyclic) bond motifs is 1. The number of nitrogens with one attached hydrogen (secondary N) is 1. The first-order valence-electron chi connectivity index (χ1n) is 11.4. The minimum Gasteiger partial charge on any atom is -0.322 e. The van der Waals surface area contributed by atoms with Gasteiger partial charge in [0, 0.05) is 35.4 Å². The molecule has 3 aromatic carbocycles. The number of halogens is 1. The van der Waals surface area contributed by atoms with Crippen LogP contribution < -0.4 is 10.2 Å². The summed E-state index contributed by atoms with van der Waals surface area (Å²) in [4.78, 5) is 32.1. The molecule has 35 heavy (non-hydrogen) atoms. The lowest BCUT2D eigenvalue weighted by Gasteiger charge is -2.17. The molecule has 0 saturated heterocycles. The van der Waals surface area contributed by atoms with Crippen LogP contribution in [0.2, 0.25) is 0 Å². The number of carbonyl (C=O) groups is 2. The zero-order valence-electron chi connectivity index (χ0n) is 19.4. The second-order valence-electron chi connectivity index (χ2n) is 8.50. The Morgan fingerprint density at radius 3 is 2.49 bits per heavy atom. The van der Waals surface area contributed by atoms with Crippen LogP contribution in [0.5, 0.6) is 0 Å². The number of rotatable bonds is 5. The Balaban J connectivity index is 0.00000289. The fraction of sp³-hybridized carbons (Fsp3) is 0.138. The fourth-order valence-electron chi connectivity index (χ4n) is 4.36. The first kappa shape index (κ1) is 24.2. The van der Waals surface area contributed by atoms with E-state index in [0.717, 1.165) is 40.2 Å². The lowest BCUT2D eigenvalue weighted by Crippen LogP contribution is -2.30. The number of hydrogen-bond acceptors (Lipinski definition) is 3. The van der Waals surface area contributed by atoms with Crippen LogP contribution in [0.1, 0.15) is 27.2 Å². The standard InChI is InChI=1S/C29H25N3O2.ClH/c1-20-9-11-21(12-10-20)25-7-2-3-8-26(25)29(34)31-24-13-14-27-22(18-24)15-17-32(27)28(33)19-23-6-4-5-16-30-23;/h2-14,16,18H,15,17,19H2,1H3,(H,31,34);1H. The van der Waals surface area contributed by atoms with Gasteiger partial charge < -0.3 is 10.2 Å². The molecule has 2 heterocycles. The highest BCUT2D eigenvalue weighted by atomic mass is 35.5. The molecule has 4 aromatic rings. The summed E-state index contributed by atoms with van der Waals surface area (Å²) in [6.07, 6.45) is 2.73. The van der Waals surface area contributed by atoms with Crippen LogP contribution in [0.25, 0.3) is 11.1 Å². The molecule has 6 heteroatoms. The summed E-state index contributed by atoms with van der Waals surface area (Å²) in [5.41, 5.74) is 7.15. The largest absolute Gasteiger partial charge is 0.322 e. The summed E-state index contributed by atoms with van der Waals surface area (Å²) < 4.78 is 0. The summed E-state index contributed by atoms with van der Waals surface area (Å²) in [6, 6.07) is 27.1. The Morgan fingerprint density at radius 2 is 1.71 bits per heavy atom. The number of anilines is 2. The summed E-state index contributed by atoms with van der Waals surface area (Å²) in [6.45, 7) is 2.68. The Bertz CT molecular complexity index is 1350. The van der Waals surface area contributed by atoms with Gasteiger partial charge >= 0.3 is 0 Å². The van der Waals surface area contributed by atoms with Gasteiger partial charge in [-0.1, -0.05) is 54.1 Å². The van der Waals surface area contributed by atoms with Gasteiger partial charge in [0.1, 0.15) is 0 Å². The third-order valence-electron chi connectivity index (χ3n) is 6.13. The van der Waals surface area contributed by atoms with E-state index in [1.54, 1.807) is 6.20 Å². The zero-order chi connectivity index (χ0) is 23.5. The molecule has 0 spiro atoms. The highest BCUT2D eigenvalue weighted by molar-refractivity contribution is 6.09. The van der Waals surface area contributed by atoms with Crippen molar-refractivity contribution in [2.24, 2.45) is 0 Å². The summed E-state index contributed by atoms with van der Waals surface area (Å²) in [7, 11) is 0. The van der Waals surface area contributed by atoms with Gasteiger partial charge in [0.25, 0.3) is 5.91 Å². The maximum atomic E-state index is 13.2. The smallest absolute Gasteiger partial charge is 0.256 e. The highest BCUT2D eigenvalue weighted by Crippen LogP contribution is 2.32. The van der Waals surface area contributed by atoms with E-state index in [-0.39, 0.29) is 30.6 Å². The van der Waals surface area contributed by atoms with Gasteiger partial charge in [-0.05, 0) is 66.4 Å². The molecular weight excluding hydrogens is 458 g/mol. The molecule has 0 radical (unpaired) electrons. The molecule has 0 unspecified atom stereocenters. The molecular formula is C29H26ClN3O2. The molecule has 1 aromatic heterocycles. The number of benzene rings is 3. The molecule has 5 nitrogen and oxygen atoms in total. The second kappa shape index (κ2) is 10.5. The van der Waals surface area contributed by atoms with Crippen molar-refractivity contribution in [1.82, 2.24) is 4.98 Å². The number of aryl methyl sites for hydroxylation is 1. The van der Waals surface area contributed by atoms with Crippen LogP contribution in [-0.4, -0.2) is 23.3 Å². The fourth-order valence-corrected chi connectivity index (χ4v) is 4.36. The van der Waals surface area contributed by atoms with E-state index in [1.807, 2.05) is 96.8 Å². The van der Waals surface area contributed by atoms with Crippen LogP contribution >= 0.6 is 12.4 Å². The van der Waals surface area contributed by atoms with Crippen molar-refractivity contribution in [3.8, 4) is 11.1 Å². The van der Waals surface area contributed by atoms with Gasteiger partial charge in [-0.2, -0.15) is 0 Å². The number of hydrogen-bond donors (Lipinski definition) is 1. The SMILES string of the molecule is Cc1ccc(-c2ccccc2C(=O)Nc2ccc3c(c2)CCN3C(=O)Cc2ccccn2)cc1.Cl. The highest BCUT2D eigenvalue weighted by Gasteiger charge is 2.25. The Hall–Kier alpha value is -3.96. The van der Waals surface area contributed by atoms with Crippen molar-refractivity contribution in [2.45, 2.75) is 19.8 Å². The van der Waals surface area contributed by atoms with Gasteiger partial charge in [-0.3, -0.25) is 14.6 Å². The summed E-state index contributed by atoms with van der Waals surface area (Å²) in [5, 5.41) is 3.04. The molecule has 176 valence electrons. The molecule has 5 rings (SSSR count). The van der Waals surface area contributed by atoms with Crippen LogP contribution in [-0.2, 0) is 17.6 Å². The number of aromatic nitrogens is 1. The molecule has 0 saturated carbocycles. The maximum absolute atomic E-state index is 13.2. The Labute approximate surface area is 211 Å². The van der Waals surface area contributed by atoms with E-state index in [0.29, 0.717) is 12.1 Å². The maximum Gasteiger partial charge on any atom is 0.256 e. The van der Waals surface area contributed by atoms with Crippen molar-refractivity contribution < 1.29 is 9.59 Å². The van der Waals surface area contributed by atoms with Crippen LogP contribution in [0.3, 0.4) is 0 Å². The number of amides is 2. The molecule has 0 aliphatic carbocycles. The average molecular weight is 484 g/mol. The average Bonchev–Trinajstić information content (AvgIpc) is 3.29. The van der Waals surface area contributed by atoms with Crippen molar-refractivity contribution in [2.75, 3.05) is 16.8 Å². The first-order chi connectivity index (χ1) is 16.6. The topological polar surface area (TPSA) is 62.3 Å². The van der Waals surface area contributed by atoms with E-state index in [4.69, 9.17) is 0 Å². The molecule has 0 atom stereocenters. The minimum atomic E-state index is -0.155. The molecule has 2 amide bonds. The van der Waals surface area contributed by atoms with E-state index in [9.17, 15) is 9.59 Å². The monoisotopic (exact) mass is 483 g/mol. The lowest BCUT2D eigenvalue weighted by atomic mass is 9.98. The van der Waals surface area contributed by atoms with E-state index in [1.165, 1.54) is 5.56 Å². The molecule has 1 aliphatic rings. The quantitative estimate of drug-likeness (QED) is 0.386. The Morgan fingerprint density at radius 1 is 0.943 bits per heavy atom. The van der Waals surface area contributed by atoms with Crippen molar-refractivity contribution in [1.29, 1.82) is 0 Å². The van der Waals surface area contributed by atoms with Crippen molar-refractivity contribution in [3.63, 3.8) is 0 Å². The van der Waals surface area contributed by atoms with Gasteiger partial charge in [0.2, 0.25) is 5.91 Å². The third-order valence-corrected chi connectivity index (χ3v) is 6.13. The number of nitrogens with zero attached hydrogens (tertiary/aromatic N) is 2. The minimum absolute atomic E-state index is 0. The molecule has 0 bridgehead atoms. The van der Waals surface area contributed by atoms with Crippen LogP contribution in [0, 0.1) is 6.92 Å². The lowest BCUT2D eigenvalue weighted by molar-refractivity contribution is -0.117. The second-order valence-corrected chi connectivity index (χ2v) is 8.50. The van der Waals surface area contributed by atoms with Crippen LogP contribution in [0.15, 0.2) is 91.1 Å². The number of pyridine rings is 1. The predicted octanol–water partition coefficient (Wildman–Crippen LogP) is 5.86. The molecule has 1 aliphatic heterocycles. The molecule has 1 N–H and O–H groups in total. The normalized spacial score (nSPS) is 12.0. The summed E-state index contributed by atoms with van der Waals surface area (Å²) >= 11 is 0. The van der Waals surface area contributed by atoms with Gasteiger partial charge in [0.05, 0.1) is 6.42 Å². The van der Waals surface area contributed by atoms with E-state index >= 15 is 0 Å². The molecule has 0 fully saturated rings. The summed E-state index contributed by atoms with van der Waals surface area (Å²) in [5.74, 6) is -0.126. The van der Waals surface area contributed by atoms with Crippen molar-refractivity contribution >= 4 is 35.6 Å². The van der Waals surface area contributed by atoms with Gasteiger partial charge in [-0.25, -0.2) is 0 Å². The zero-order valence-corrected chi connectivity index (χ0v) is 20.2. The first-order valence-corrected chi connectivity index (χ1v) is 11.4. The Kier molecular flexibility index (Phi) is 7.28. The number of carbonyl (C=O) groups excluding carboxylic acids is 2. The van der Waals surface area contributed by atoms with Crippen molar-refractivity contribution in [3.05, 3.63) is 114 Å². The van der Waals surface area contributed by atoms with E-state index in [2.05, 4.69) is 10.3 Å². The van der Waals surface area contributed by atoms with E-state index < -0.39 is 0 Å². The third kappa shape index (κ3) is 5.26. The van der Waals surface area contributed by atoms with Crippen LogP contribution in [0.4, 0.5) is 11.4 Å². The van der Waals surface area contributed by atoms with Gasteiger partial charge in [0.15, 0.2) is 0 Å². The predicted molar refractivity (Wildman–Crippen MR) is 142 cm³/mol. The van der Waals surface area contributed by atoms with Gasteiger partial charge in [-0.15, -0.1) is 12.4 Å².